The standard InChI is InChI=1S/C14H12F4O/c1-13(2)14(19-13)5-3-4-6(14)8-7(5)9(15)11(17)12(18)10(8)16/h5-6H,3-4H2,1-2H3/t5-,6-/m1/s1. The fraction of sp³-hybridized carbons (Fsp3) is 0.571. The SMILES string of the molecule is CC1(C)OC12[C@@H]1CC[C@@H]2c2c(F)c(F)c(F)c(F)c21. The van der Waals surface area contributed by atoms with Gasteiger partial charge in [-0.1, -0.05) is 0 Å². The summed E-state index contributed by atoms with van der Waals surface area (Å²) in [5.74, 6) is -6.65. The van der Waals surface area contributed by atoms with Gasteiger partial charge in [0.05, 0.1) is 5.60 Å². The van der Waals surface area contributed by atoms with Crippen molar-refractivity contribution in [3.63, 3.8) is 0 Å². The first-order valence-corrected chi connectivity index (χ1v) is 6.39. The molecular formula is C14H12F4O. The van der Waals surface area contributed by atoms with Crippen LogP contribution >= 0.6 is 0 Å². The molecule has 3 aliphatic rings. The molecule has 1 aromatic carbocycles. The highest BCUT2D eigenvalue weighted by molar-refractivity contribution is 5.53. The molecule has 1 aromatic rings. The first-order chi connectivity index (χ1) is 8.83. The average molecular weight is 272 g/mol. The Morgan fingerprint density at radius 1 is 0.842 bits per heavy atom. The molecule has 2 atom stereocenters. The second kappa shape index (κ2) is 2.97. The van der Waals surface area contributed by atoms with Crippen molar-refractivity contribution >= 4 is 0 Å². The highest BCUT2D eigenvalue weighted by Crippen LogP contribution is 2.74. The second-order valence-electron chi connectivity index (χ2n) is 6.17. The van der Waals surface area contributed by atoms with Gasteiger partial charge in [-0.25, -0.2) is 17.6 Å². The van der Waals surface area contributed by atoms with Gasteiger partial charge in [0.25, 0.3) is 0 Å². The Hall–Kier alpha value is -1.10. The first kappa shape index (κ1) is 11.7. The summed E-state index contributed by atoms with van der Waals surface area (Å²) in [6.45, 7) is 3.71. The van der Waals surface area contributed by atoms with Gasteiger partial charge in [0.2, 0.25) is 0 Å². The Balaban J connectivity index is 2.02. The number of benzene rings is 1. The van der Waals surface area contributed by atoms with Crippen LogP contribution in [0.15, 0.2) is 0 Å². The minimum Gasteiger partial charge on any atom is -0.362 e. The molecule has 1 aliphatic heterocycles. The number of ether oxygens (including phenoxy) is 1. The van der Waals surface area contributed by atoms with Gasteiger partial charge in [-0.2, -0.15) is 0 Å². The molecule has 0 N–H and O–H groups in total. The monoisotopic (exact) mass is 272 g/mol. The predicted molar refractivity (Wildman–Crippen MR) is 58.9 cm³/mol. The molecular weight excluding hydrogens is 260 g/mol. The van der Waals surface area contributed by atoms with E-state index in [4.69, 9.17) is 4.74 Å². The summed E-state index contributed by atoms with van der Waals surface area (Å²) in [6, 6.07) is 0. The van der Waals surface area contributed by atoms with Crippen LogP contribution in [0.4, 0.5) is 17.6 Å². The topological polar surface area (TPSA) is 12.5 Å². The van der Waals surface area contributed by atoms with Gasteiger partial charge in [0.1, 0.15) is 5.60 Å². The summed E-state index contributed by atoms with van der Waals surface area (Å²) in [6.07, 6.45) is 1.26. The Labute approximate surface area is 107 Å². The maximum Gasteiger partial charge on any atom is 0.197 e. The van der Waals surface area contributed by atoms with Crippen LogP contribution in [-0.4, -0.2) is 11.2 Å². The first-order valence-electron chi connectivity index (χ1n) is 6.39. The number of fused-ring (bicyclic) bond motifs is 3. The molecule has 0 amide bonds. The van der Waals surface area contributed by atoms with E-state index in [0.29, 0.717) is 12.8 Å². The maximum atomic E-state index is 14.0. The molecule has 2 aliphatic carbocycles. The molecule has 1 saturated heterocycles. The summed E-state index contributed by atoms with van der Waals surface area (Å²) in [7, 11) is 0. The van der Waals surface area contributed by atoms with E-state index in [-0.39, 0.29) is 23.0 Å². The third-order valence-corrected chi connectivity index (χ3v) is 5.14. The molecule has 0 radical (unpaired) electrons. The summed E-state index contributed by atoms with van der Waals surface area (Å²) in [4.78, 5) is 0. The number of halogens is 4. The predicted octanol–water partition coefficient (Wildman–Crippen LogP) is 3.77. The largest absolute Gasteiger partial charge is 0.362 e. The van der Waals surface area contributed by atoms with Crippen LogP contribution in [0.2, 0.25) is 0 Å². The fourth-order valence-electron chi connectivity index (χ4n) is 4.45. The highest BCUT2D eigenvalue weighted by Gasteiger charge is 2.78. The molecule has 2 bridgehead atoms. The van der Waals surface area contributed by atoms with Crippen LogP contribution in [0.25, 0.3) is 0 Å². The third-order valence-electron chi connectivity index (χ3n) is 5.14. The lowest BCUT2D eigenvalue weighted by atomic mass is 9.84. The van der Waals surface area contributed by atoms with E-state index in [9.17, 15) is 17.6 Å². The average Bonchev–Trinajstić information content (AvgIpc) is 2.67. The van der Waals surface area contributed by atoms with Crippen LogP contribution in [0.1, 0.15) is 49.7 Å². The molecule has 5 heteroatoms. The lowest BCUT2D eigenvalue weighted by Gasteiger charge is -2.16. The van der Waals surface area contributed by atoms with Gasteiger partial charge in [0.15, 0.2) is 23.3 Å². The van der Waals surface area contributed by atoms with Crippen molar-refractivity contribution < 1.29 is 22.3 Å². The Morgan fingerprint density at radius 3 is 1.53 bits per heavy atom. The van der Waals surface area contributed by atoms with E-state index in [1.165, 1.54) is 0 Å². The second-order valence-corrected chi connectivity index (χ2v) is 6.17. The minimum absolute atomic E-state index is 0.00164. The molecule has 1 nitrogen and oxygen atoms in total. The zero-order valence-electron chi connectivity index (χ0n) is 10.5. The molecule has 1 heterocycles. The minimum atomic E-state index is -1.71. The lowest BCUT2D eigenvalue weighted by molar-refractivity contribution is 0.258. The van der Waals surface area contributed by atoms with Gasteiger partial charge < -0.3 is 4.74 Å². The molecule has 2 fully saturated rings. The number of epoxide rings is 1. The van der Waals surface area contributed by atoms with E-state index in [2.05, 4.69) is 0 Å². The number of hydrogen-bond acceptors (Lipinski definition) is 1. The summed E-state index contributed by atoms with van der Waals surface area (Å²) >= 11 is 0. The van der Waals surface area contributed by atoms with Crippen LogP contribution in [-0.2, 0) is 4.74 Å². The van der Waals surface area contributed by atoms with E-state index in [1.54, 1.807) is 0 Å². The fourth-order valence-corrected chi connectivity index (χ4v) is 4.45. The van der Waals surface area contributed by atoms with E-state index >= 15 is 0 Å². The van der Waals surface area contributed by atoms with Crippen LogP contribution in [0, 0.1) is 23.3 Å². The van der Waals surface area contributed by atoms with Crippen LogP contribution < -0.4 is 0 Å². The van der Waals surface area contributed by atoms with Crippen molar-refractivity contribution in [3.8, 4) is 0 Å². The van der Waals surface area contributed by atoms with E-state index in [0.717, 1.165) is 0 Å². The maximum absolute atomic E-state index is 14.0. The molecule has 102 valence electrons. The molecule has 0 unspecified atom stereocenters. The van der Waals surface area contributed by atoms with Crippen LogP contribution in [0.3, 0.4) is 0 Å². The quantitative estimate of drug-likeness (QED) is 0.303. The lowest BCUT2D eigenvalue weighted by Crippen LogP contribution is -2.24. The highest BCUT2D eigenvalue weighted by atomic mass is 19.2. The molecule has 0 aromatic heterocycles. The molecule has 4 rings (SSSR count). The van der Waals surface area contributed by atoms with Gasteiger partial charge in [-0.05, 0) is 26.7 Å². The third kappa shape index (κ3) is 1.01. The van der Waals surface area contributed by atoms with Crippen molar-refractivity contribution in [1.29, 1.82) is 0 Å². The van der Waals surface area contributed by atoms with Gasteiger partial charge in [0, 0.05) is 23.0 Å². The number of hydrogen-bond donors (Lipinski definition) is 0. The Kier molecular flexibility index (Phi) is 1.83. The Morgan fingerprint density at radius 2 is 1.21 bits per heavy atom. The number of rotatable bonds is 0. The normalized spacial score (nSPS) is 36.9. The summed E-state index contributed by atoms with van der Waals surface area (Å²) in [5.41, 5.74) is -1.17. The zero-order valence-corrected chi connectivity index (χ0v) is 10.5. The molecule has 1 spiro atoms. The van der Waals surface area contributed by atoms with Crippen molar-refractivity contribution in [1.82, 2.24) is 0 Å². The van der Waals surface area contributed by atoms with Crippen LogP contribution in [0.5, 0.6) is 0 Å². The van der Waals surface area contributed by atoms with Gasteiger partial charge in [-0.3, -0.25) is 0 Å². The zero-order chi connectivity index (χ0) is 13.7. The van der Waals surface area contributed by atoms with E-state index < -0.39 is 34.5 Å². The summed E-state index contributed by atoms with van der Waals surface area (Å²) in [5, 5.41) is 0. The van der Waals surface area contributed by atoms with E-state index in [1.807, 2.05) is 13.8 Å². The Bertz CT molecular complexity index is 580. The van der Waals surface area contributed by atoms with Crippen molar-refractivity contribution in [2.75, 3.05) is 0 Å². The van der Waals surface area contributed by atoms with Crippen molar-refractivity contribution in [2.24, 2.45) is 0 Å². The molecule has 19 heavy (non-hydrogen) atoms. The molecule has 1 saturated carbocycles. The summed E-state index contributed by atoms with van der Waals surface area (Å²) < 4.78 is 60.5. The van der Waals surface area contributed by atoms with Crippen molar-refractivity contribution in [3.05, 3.63) is 34.4 Å². The van der Waals surface area contributed by atoms with Gasteiger partial charge >= 0.3 is 0 Å². The van der Waals surface area contributed by atoms with Crippen molar-refractivity contribution in [2.45, 2.75) is 49.7 Å². The smallest absolute Gasteiger partial charge is 0.197 e. The van der Waals surface area contributed by atoms with Gasteiger partial charge in [-0.15, -0.1) is 0 Å².